The van der Waals surface area contributed by atoms with Gasteiger partial charge in [-0.25, -0.2) is 4.79 Å². The van der Waals surface area contributed by atoms with Crippen LogP contribution in [-0.4, -0.2) is 23.0 Å². The highest BCUT2D eigenvalue weighted by atomic mass is 16.4. The van der Waals surface area contributed by atoms with Crippen molar-refractivity contribution in [3.8, 4) is 0 Å². The Morgan fingerprint density at radius 2 is 1.96 bits per heavy atom. The van der Waals surface area contributed by atoms with E-state index in [9.17, 15) is 14.4 Å². The molecular formula is C17H17NO5. The molecule has 0 saturated carbocycles. The van der Waals surface area contributed by atoms with E-state index in [2.05, 4.69) is 5.32 Å². The molecule has 1 aromatic heterocycles. The Bertz CT molecular complexity index is 819. The van der Waals surface area contributed by atoms with Crippen molar-refractivity contribution in [2.24, 2.45) is 5.92 Å². The van der Waals surface area contributed by atoms with Gasteiger partial charge in [-0.3, -0.25) is 9.59 Å². The molecule has 2 aromatic rings. The summed E-state index contributed by atoms with van der Waals surface area (Å²) in [5, 5.41) is 11.8. The predicted octanol–water partition coefficient (Wildman–Crippen LogP) is 2.03. The maximum absolute atomic E-state index is 12.2. The summed E-state index contributed by atoms with van der Waals surface area (Å²) < 4.78 is 5.34. The Morgan fingerprint density at radius 1 is 1.26 bits per heavy atom. The van der Waals surface area contributed by atoms with Crippen LogP contribution in [-0.2, 0) is 9.59 Å². The van der Waals surface area contributed by atoms with Gasteiger partial charge in [0.05, 0.1) is 10.9 Å². The largest absolute Gasteiger partial charge is 0.480 e. The number of carbonyl (C=O) groups excluding carboxylic acids is 1. The summed E-state index contributed by atoms with van der Waals surface area (Å²) in [4.78, 5) is 35.1. The number of nitrogens with one attached hydrogen (secondary N) is 1. The fourth-order valence-electron chi connectivity index (χ4n) is 2.09. The van der Waals surface area contributed by atoms with Gasteiger partial charge in [-0.2, -0.15) is 0 Å². The van der Waals surface area contributed by atoms with Gasteiger partial charge in [0, 0.05) is 6.08 Å². The van der Waals surface area contributed by atoms with Crippen molar-refractivity contribution in [1.82, 2.24) is 5.32 Å². The van der Waals surface area contributed by atoms with E-state index in [1.54, 1.807) is 38.1 Å². The number of aliphatic carboxylic acids is 1. The monoisotopic (exact) mass is 315 g/mol. The van der Waals surface area contributed by atoms with E-state index >= 15 is 0 Å². The first-order valence-corrected chi connectivity index (χ1v) is 7.12. The maximum Gasteiger partial charge on any atom is 0.326 e. The van der Waals surface area contributed by atoms with Gasteiger partial charge in [-0.05, 0) is 24.1 Å². The third-order valence-electron chi connectivity index (χ3n) is 3.35. The van der Waals surface area contributed by atoms with E-state index in [0.717, 1.165) is 6.08 Å². The van der Waals surface area contributed by atoms with Gasteiger partial charge >= 0.3 is 5.97 Å². The summed E-state index contributed by atoms with van der Waals surface area (Å²) in [5.41, 5.74) is 0.426. The number of rotatable bonds is 5. The van der Waals surface area contributed by atoms with E-state index in [0.29, 0.717) is 11.0 Å². The van der Waals surface area contributed by atoms with E-state index in [1.165, 1.54) is 12.3 Å². The molecule has 1 heterocycles. The number of fused-ring (bicyclic) bond motifs is 1. The lowest BCUT2D eigenvalue weighted by Crippen LogP contribution is -2.43. The molecule has 0 aliphatic heterocycles. The summed E-state index contributed by atoms with van der Waals surface area (Å²) in [5.74, 6) is -1.94. The first-order valence-electron chi connectivity index (χ1n) is 7.12. The highest BCUT2D eigenvalue weighted by Gasteiger charge is 2.22. The second kappa shape index (κ2) is 6.91. The van der Waals surface area contributed by atoms with Crippen LogP contribution in [0.3, 0.4) is 0 Å². The van der Waals surface area contributed by atoms with Crippen LogP contribution in [0.2, 0.25) is 0 Å². The molecule has 120 valence electrons. The number of carboxylic acid groups (broad SMARTS) is 1. The minimum Gasteiger partial charge on any atom is -0.480 e. The molecule has 1 unspecified atom stereocenters. The summed E-state index contributed by atoms with van der Waals surface area (Å²) in [6.45, 7) is 3.39. The van der Waals surface area contributed by atoms with Gasteiger partial charge in [0.1, 0.15) is 17.9 Å². The molecule has 0 radical (unpaired) electrons. The topological polar surface area (TPSA) is 96.6 Å². The van der Waals surface area contributed by atoms with Gasteiger partial charge in [-0.1, -0.05) is 26.0 Å². The highest BCUT2D eigenvalue weighted by molar-refractivity contribution is 5.94. The summed E-state index contributed by atoms with van der Waals surface area (Å²) in [7, 11) is 0. The molecule has 0 spiro atoms. The molecule has 2 N–H and O–H groups in total. The molecule has 0 aliphatic rings. The van der Waals surface area contributed by atoms with Crippen LogP contribution in [0.4, 0.5) is 0 Å². The van der Waals surface area contributed by atoms with Crippen LogP contribution >= 0.6 is 0 Å². The maximum atomic E-state index is 12.2. The van der Waals surface area contributed by atoms with Gasteiger partial charge in [-0.15, -0.1) is 0 Å². The molecule has 0 saturated heterocycles. The molecule has 6 nitrogen and oxygen atoms in total. The van der Waals surface area contributed by atoms with Crippen LogP contribution in [0.5, 0.6) is 0 Å². The molecular weight excluding hydrogens is 298 g/mol. The molecule has 0 aliphatic carbocycles. The van der Waals surface area contributed by atoms with Crippen molar-refractivity contribution in [2.45, 2.75) is 19.9 Å². The Kier molecular flexibility index (Phi) is 4.95. The molecule has 0 bridgehead atoms. The standard InChI is InChI=1S/C17H17NO5/c1-10(2)15(17(21)22)18-14(19)8-7-11-9-23-13-6-4-3-5-12(13)16(11)20/h3-10,15H,1-2H3,(H,18,19)(H,21,22)/b8-7+. The van der Waals surface area contributed by atoms with E-state index in [4.69, 9.17) is 9.52 Å². The summed E-state index contributed by atoms with van der Waals surface area (Å²) >= 11 is 0. The third kappa shape index (κ3) is 3.85. The zero-order chi connectivity index (χ0) is 17.0. The number of carbonyl (C=O) groups is 2. The van der Waals surface area contributed by atoms with Gasteiger partial charge in [0.2, 0.25) is 5.91 Å². The number of benzene rings is 1. The van der Waals surface area contributed by atoms with Crippen molar-refractivity contribution in [3.05, 3.63) is 52.4 Å². The van der Waals surface area contributed by atoms with Gasteiger partial charge in [0.15, 0.2) is 5.43 Å². The van der Waals surface area contributed by atoms with Gasteiger partial charge < -0.3 is 14.8 Å². The number of hydrogen-bond donors (Lipinski definition) is 2. The number of carboxylic acids is 1. The van der Waals surface area contributed by atoms with Crippen LogP contribution in [0.1, 0.15) is 19.4 Å². The van der Waals surface area contributed by atoms with Gasteiger partial charge in [0.25, 0.3) is 0 Å². The second-order valence-corrected chi connectivity index (χ2v) is 5.42. The Morgan fingerprint density at radius 3 is 2.61 bits per heavy atom. The second-order valence-electron chi connectivity index (χ2n) is 5.42. The minimum absolute atomic E-state index is 0.218. The Balaban J connectivity index is 2.20. The minimum atomic E-state index is -1.10. The van der Waals surface area contributed by atoms with Crippen molar-refractivity contribution in [1.29, 1.82) is 0 Å². The fourth-order valence-corrected chi connectivity index (χ4v) is 2.09. The van der Waals surface area contributed by atoms with Crippen LogP contribution < -0.4 is 10.7 Å². The zero-order valence-electron chi connectivity index (χ0n) is 12.8. The lowest BCUT2D eigenvalue weighted by Gasteiger charge is -2.16. The quantitative estimate of drug-likeness (QED) is 0.823. The lowest BCUT2D eigenvalue weighted by molar-refractivity contribution is -0.142. The number of amides is 1. The summed E-state index contributed by atoms with van der Waals surface area (Å²) in [6, 6.07) is 5.81. The third-order valence-corrected chi connectivity index (χ3v) is 3.35. The first kappa shape index (κ1) is 16.5. The lowest BCUT2D eigenvalue weighted by atomic mass is 10.0. The fraction of sp³-hybridized carbons (Fsp3) is 0.235. The number of para-hydroxylation sites is 1. The van der Waals surface area contributed by atoms with Crippen LogP contribution in [0.15, 0.2) is 45.8 Å². The average molecular weight is 315 g/mol. The van der Waals surface area contributed by atoms with Crippen LogP contribution in [0, 0.1) is 5.92 Å². The zero-order valence-corrected chi connectivity index (χ0v) is 12.8. The molecule has 2 rings (SSSR count). The SMILES string of the molecule is CC(C)C(NC(=O)/C=C/c1coc2ccccc2c1=O)C(=O)O. The number of hydrogen-bond acceptors (Lipinski definition) is 4. The van der Waals surface area contributed by atoms with Crippen molar-refractivity contribution in [3.63, 3.8) is 0 Å². The van der Waals surface area contributed by atoms with Crippen molar-refractivity contribution < 1.29 is 19.1 Å². The van der Waals surface area contributed by atoms with Crippen molar-refractivity contribution in [2.75, 3.05) is 0 Å². The van der Waals surface area contributed by atoms with E-state index < -0.39 is 17.9 Å². The first-order chi connectivity index (χ1) is 10.9. The van der Waals surface area contributed by atoms with Crippen molar-refractivity contribution >= 4 is 28.9 Å². The molecule has 23 heavy (non-hydrogen) atoms. The van der Waals surface area contributed by atoms with E-state index in [-0.39, 0.29) is 16.9 Å². The smallest absolute Gasteiger partial charge is 0.326 e. The molecule has 1 atom stereocenters. The summed E-state index contributed by atoms with van der Waals surface area (Å²) in [6.07, 6.45) is 3.71. The normalized spacial score (nSPS) is 12.7. The Hall–Kier alpha value is -2.89. The van der Waals surface area contributed by atoms with Crippen LogP contribution in [0.25, 0.3) is 17.0 Å². The van der Waals surface area contributed by atoms with E-state index in [1.807, 2.05) is 0 Å². The molecule has 1 aromatic carbocycles. The average Bonchev–Trinajstić information content (AvgIpc) is 2.51. The highest BCUT2D eigenvalue weighted by Crippen LogP contribution is 2.11. The Labute approximate surface area is 132 Å². The molecule has 6 heteroatoms. The molecule has 1 amide bonds. The predicted molar refractivity (Wildman–Crippen MR) is 85.9 cm³/mol. The molecule has 0 fully saturated rings.